The third-order valence-corrected chi connectivity index (χ3v) is 6.16. The molecule has 2 amide bonds. The molecule has 0 radical (unpaired) electrons. The summed E-state index contributed by atoms with van der Waals surface area (Å²) in [7, 11) is 1.18. The molecule has 9 heteroatoms. The normalized spacial score (nSPS) is 17.9. The molecule has 0 saturated heterocycles. The molecule has 0 saturated carbocycles. The first-order valence-electron chi connectivity index (χ1n) is 9.61. The molecule has 0 aromatic heterocycles. The number of hydrogen-bond donors (Lipinski definition) is 2. The number of anilines is 1. The fraction of sp³-hybridized carbons (Fsp3) is 0.217. The highest BCUT2D eigenvalue weighted by Gasteiger charge is 2.44. The minimum atomic E-state index is -1.23. The van der Waals surface area contributed by atoms with E-state index in [-0.39, 0.29) is 22.3 Å². The van der Waals surface area contributed by atoms with Crippen LogP contribution in [0.25, 0.3) is 0 Å². The number of esters is 1. The molecule has 2 N–H and O–H groups in total. The number of methoxy groups -OCH3 is 1. The van der Waals surface area contributed by atoms with E-state index in [4.69, 9.17) is 16.3 Å². The Morgan fingerprint density at radius 1 is 1.19 bits per heavy atom. The number of halogens is 1. The standard InChI is InChI=1S/C23H20ClN3O4S/c1-13-3-9-16(10-4-13)26-18(28)12-32-22-17(11-25)19(14-5-7-15(24)8-6-14)20(21(29)27-22)23(30)31-2/h3-10,19-20H,12H2,1-2H3,(H,26,28)(H,27,29)/t19-,20-/m1/s1. The quantitative estimate of drug-likeness (QED) is 0.492. The molecule has 0 aliphatic carbocycles. The number of carbonyl (C=O) groups is 3. The maximum Gasteiger partial charge on any atom is 0.319 e. The van der Waals surface area contributed by atoms with Crippen molar-refractivity contribution in [2.45, 2.75) is 12.8 Å². The number of carbonyl (C=O) groups excluding carboxylic acids is 3. The van der Waals surface area contributed by atoms with E-state index in [0.29, 0.717) is 16.3 Å². The van der Waals surface area contributed by atoms with Crippen LogP contribution in [-0.2, 0) is 19.1 Å². The molecule has 164 valence electrons. The molecular weight excluding hydrogens is 450 g/mol. The molecule has 2 aromatic rings. The van der Waals surface area contributed by atoms with Crippen molar-refractivity contribution in [1.29, 1.82) is 5.26 Å². The number of thioether (sulfide) groups is 1. The van der Waals surface area contributed by atoms with Crippen LogP contribution in [0, 0.1) is 24.2 Å². The van der Waals surface area contributed by atoms with Gasteiger partial charge in [-0.05, 0) is 36.8 Å². The Labute approximate surface area is 194 Å². The van der Waals surface area contributed by atoms with E-state index >= 15 is 0 Å². The van der Waals surface area contributed by atoms with Crippen LogP contribution >= 0.6 is 23.4 Å². The number of benzene rings is 2. The summed E-state index contributed by atoms with van der Waals surface area (Å²) in [6.07, 6.45) is 0. The van der Waals surface area contributed by atoms with Crippen molar-refractivity contribution in [3.8, 4) is 6.07 Å². The van der Waals surface area contributed by atoms with Gasteiger partial charge in [0, 0.05) is 16.6 Å². The minimum absolute atomic E-state index is 0.0368. The van der Waals surface area contributed by atoms with Gasteiger partial charge in [0.1, 0.15) is 5.92 Å². The topological polar surface area (TPSA) is 108 Å². The van der Waals surface area contributed by atoms with Gasteiger partial charge in [-0.15, -0.1) is 0 Å². The zero-order valence-electron chi connectivity index (χ0n) is 17.3. The van der Waals surface area contributed by atoms with Crippen LogP contribution in [0.5, 0.6) is 0 Å². The van der Waals surface area contributed by atoms with E-state index < -0.39 is 23.7 Å². The fourth-order valence-corrected chi connectivity index (χ4v) is 4.30. The Balaban J connectivity index is 1.87. The molecule has 0 unspecified atom stereocenters. The van der Waals surface area contributed by atoms with Gasteiger partial charge < -0.3 is 15.4 Å². The van der Waals surface area contributed by atoms with E-state index in [0.717, 1.165) is 17.3 Å². The average Bonchev–Trinajstić information content (AvgIpc) is 2.78. The van der Waals surface area contributed by atoms with Gasteiger partial charge in [-0.25, -0.2) is 0 Å². The number of ether oxygens (including phenoxy) is 1. The van der Waals surface area contributed by atoms with E-state index in [1.165, 1.54) is 7.11 Å². The summed E-state index contributed by atoms with van der Waals surface area (Å²) in [4.78, 5) is 37.6. The zero-order chi connectivity index (χ0) is 23.3. The Bertz CT molecular complexity index is 1110. The second-order valence-electron chi connectivity index (χ2n) is 7.08. The summed E-state index contributed by atoms with van der Waals surface area (Å²) >= 11 is 6.99. The summed E-state index contributed by atoms with van der Waals surface area (Å²) in [5.74, 6) is -3.78. The highest BCUT2D eigenvalue weighted by molar-refractivity contribution is 8.03. The lowest BCUT2D eigenvalue weighted by molar-refractivity contribution is -0.150. The van der Waals surface area contributed by atoms with Crippen LogP contribution in [-0.4, -0.2) is 30.6 Å². The summed E-state index contributed by atoms with van der Waals surface area (Å²) in [6.45, 7) is 1.95. The maximum atomic E-state index is 12.8. The van der Waals surface area contributed by atoms with Gasteiger partial charge in [0.05, 0.1) is 29.5 Å². The predicted octanol–water partition coefficient (Wildman–Crippen LogP) is 3.76. The Morgan fingerprint density at radius 3 is 2.44 bits per heavy atom. The molecule has 0 fully saturated rings. The van der Waals surface area contributed by atoms with E-state index in [9.17, 15) is 19.6 Å². The first-order chi connectivity index (χ1) is 15.3. The van der Waals surface area contributed by atoms with Gasteiger partial charge in [0.15, 0.2) is 0 Å². The Hall–Kier alpha value is -3.28. The Morgan fingerprint density at radius 2 is 1.84 bits per heavy atom. The van der Waals surface area contributed by atoms with Crippen LogP contribution in [0.3, 0.4) is 0 Å². The van der Waals surface area contributed by atoms with E-state index in [1.54, 1.807) is 36.4 Å². The van der Waals surface area contributed by atoms with Crippen molar-refractivity contribution < 1.29 is 19.1 Å². The van der Waals surface area contributed by atoms with Crippen LogP contribution in [0.4, 0.5) is 5.69 Å². The number of nitrogens with zero attached hydrogens (tertiary/aromatic N) is 1. The number of nitriles is 1. The lowest BCUT2D eigenvalue weighted by Gasteiger charge is -2.30. The van der Waals surface area contributed by atoms with Gasteiger partial charge in [-0.1, -0.05) is 53.2 Å². The smallest absolute Gasteiger partial charge is 0.319 e. The molecule has 1 aliphatic heterocycles. The molecule has 0 bridgehead atoms. The second-order valence-corrected chi connectivity index (χ2v) is 8.50. The predicted molar refractivity (Wildman–Crippen MR) is 123 cm³/mol. The van der Waals surface area contributed by atoms with Crippen LogP contribution in [0.1, 0.15) is 17.0 Å². The fourth-order valence-electron chi connectivity index (χ4n) is 3.32. The van der Waals surface area contributed by atoms with Gasteiger partial charge >= 0.3 is 5.97 Å². The lowest BCUT2D eigenvalue weighted by Crippen LogP contribution is -2.44. The molecular formula is C23H20ClN3O4S. The SMILES string of the molecule is COC(=O)[C@H]1C(=O)NC(SCC(=O)Nc2ccc(C)cc2)=C(C#N)[C@H]1c1ccc(Cl)cc1. The van der Waals surface area contributed by atoms with Crippen LogP contribution in [0.15, 0.2) is 59.1 Å². The summed E-state index contributed by atoms with van der Waals surface area (Å²) in [6, 6.07) is 16.0. The van der Waals surface area contributed by atoms with E-state index in [1.807, 2.05) is 19.1 Å². The number of aryl methyl sites for hydroxylation is 1. The molecule has 7 nitrogen and oxygen atoms in total. The average molecular weight is 470 g/mol. The number of amides is 2. The summed E-state index contributed by atoms with van der Waals surface area (Å²) in [5.41, 5.74) is 2.46. The number of nitrogens with one attached hydrogen (secondary N) is 2. The van der Waals surface area contributed by atoms with Crippen LogP contribution < -0.4 is 10.6 Å². The van der Waals surface area contributed by atoms with Gasteiger partial charge in [-0.2, -0.15) is 5.26 Å². The molecule has 1 aliphatic rings. The van der Waals surface area contributed by atoms with Crippen molar-refractivity contribution in [3.63, 3.8) is 0 Å². The van der Waals surface area contributed by atoms with Gasteiger partial charge in [-0.3, -0.25) is 14.4 Å². The largest absolute Gasteiger partial charge is 0.468 e. The highest BCUT2D eigenvalue weighted by Crippen LogP contribution is 2.40. The van der Waals surface area contributed by atoms with Gasteiger partial charge in [0.2, 0.25) is 11.8 Å². The molecule has 1 heterocycles. The van der Waals surface area contributed by atoms with Crippen molar-refractivity contribution in [2.24, 2.45) is 5.92 Å². The molecule has 0 spiro atoms. The molecule has 2 aromatic carbocycles. The zero-order valence-corrected chi connectivity index (χ0v) is 18.9. The third kappa shape index (κ3) is 5.31. The molecule has 32 heavy (non-hydrogen) atoms. The first kappa shape index (κ1) is 23.4. The minimum Gasteiger partial charge on any atom is -0.468 e. The monoisotopic (exact) mass is 469 g/mol. The van der Waals surface area contributed by atoms with Crippen LogP contribution in [0.2, 0.25) is 5.02 Å². The maximum absolute atomic E-state index is 12.8. The number of allylic oxidation sites excluding steroid dienone is 1. The third-order valence-electron chi connectivity index (χ3n) is 4.90. The van der Waals surface area contributed by atoms with Crippen molar-refractivity contribution in [3.05, 3.63) is 75.3 Å². The number of rotatable bonds is 6. The summed E-state index contributed by atoms with van der Waals surface area (Å²) < 4.78 is 4.81. The lowest BCUT2D eigenvalue weighted by atomic mass is 9.78. The van der Waals surface area contributed by atoms with Gasteiger partial charge in [0.25, 0.3) is 0 Å². The van der Waals surface area contributed by atoms with E-state index in [2.05, 4.69) is 16.7 Å². The van der Waals surface area contributed by atoms with Crippen molar-refractivity contribution >= 4 is 46.8 Å². The Kier molecular flexibility index (Phi) is 7.57. The molecule has 2 atom stereocenters. The highest BCUT2D eigenvalue weighted by atomic mass is 35.5. The van der Waals surface area contributed by atoms with Crippen molar-refractivity contribution in [2.75, 3.05) is 18.2 Å². The molecule has 3 rings (SSSR count). The second kappa shape index (κ2) is 10.4. The number of hydrogen-bond acceptors (Lipinski definition) is 6. The van der Waals surface area contributed by atoms with Crippen molar-refractivity contribution in [1.82, 2.24) is 5.32 Å². The first-order valence-corrected chi connectivity index (χ1v) is 11.0. The summed E-state index contributed by atoms with van der Waals surface area (Å²) in [5, 5.41) is 16.0.